The van der Waals surface area contributed by atoms with Gasteiger partial charge in [0.05, 0.1) is 26.5 Å². The topological polar surface area (TPSA) is 98.6 Å². The molecule has 0 radical (unpaired) electrons. The highest BCUT2D eigenvalue weighted by Crippen LogP contribution is 2.27. The maximum Gasteiger partial charge on any atom is 0.209 e. The normalized spacial score (nSPS) is 16.2. The van der Waals surface area contributed by atoms with E-state index in [-0.39, 0.29) is 5.92 Å². The average Bonchev–Trinajstić information content (AvgIpc) is 2.99. The minimum Gasteiger partial charge on any atom is -0.497 e. The Morgan fingerprint density at radius 2 is 1.90 bits per heavy atom. The maximum absolute atomic E-state index is 11.8. The van der Waals surface area contributed by atoms with E-state index in [2.05, 4.69) is 24.4 Å². The number of hydrogen-bond donors (Lipinski definition) is 1. The van der Waals surface area contributed by atoms with Gasteiger partial charge in [0.1, 0.15) is 17.3 Å². The summed E-state index contributed by atoms with van der Waals surface area (Å²) in [6.45, 7) is 7.03. The number of benzene rings is 1. The van der Waals surface area contributed by atoms with Crippen molar-refractivity contribution >= 4 is 10.0 Å². The van der Waals surface area contributed by atoms with Crippen LogP contribution in [-0.4, -0.2) is 61.6 Å². The highest BCUT2D eigenvalue weighted by molar-refractivity contribution is 7.88. The Morgan fingerprint density at radius 3 is 2.53 bits per heavy atom. The summed E-state index contributed by atoms with van der Waals surface area (Å²) in [5.41, 5.74) is 1.09. The van der Waals surface area contributed by atoms with Gasteiger partial charge in [0, 0.05) is 44.2 Å². The van der Waals surface area contributed by atoms with Crippen LogP contribution in [0.4, 0.5) is 0 Å². The van der Waals surface area contributed by atoms with Gasteiger partial charge < -0.3 is 14.0 Å². The van der Waals surface area contributed by atoms with Gasteiger partial charge in [-0.1, -0.05) is 19.9 Å². The molecule has 0 fully saturated rings. The van der Waals surface area contributed by atoms with E-state index in [1.54, 1.807) is 14.2 Å². The van der Waals surface area contributed by atoms with Crippen molar-refractivity contribution in [3.63, 3.8) is 0 Å². The van der Waals surface area contributed by atoms with Gasteiger partial charge in [-0.05, 0) is 12.0 Å². The van der Waals surface area contributed by atoms with Gasteiger partial charge in [0.25, 0.3) is 0 Å². The lowest BCUT2D eigenvalue weighted by Crippen LogP contribution is -2.33. The Morgan fingerprint density at radius 1 is 1.13 bits per heavy atom. The molecule has 10 heteroatoms. The third-order valence-electron chi connectivity index (χ3n) is 5.32. The van der Waals surface area contributed by atoms with Crippen molar-refractivity contribution in [2.24, 2.45) is 5.92 Å². The number of aromatic nitrogens is 3. The molecule has 2 aromatic rings. The van der Waals surface area contributed by atoms with E-state index in [0.29, 0.717) is 12.4 Å². The Bertz CT molecular complexity index is 974. The van der Waals surface area contributed by atoms with E-state index in [1.165, 1.54) is 6.26 Å². The van der Waals surface area contributed by atoms with Crippen LogP contribution in [0.25, 0.3) is 0 Å². The van der Waals surface area contributed by atoms with Crippen molar-refractivity contribution in [2.45, 2.75) is 39.4 Å². The van der Waals surface area contributed by atoms with Crippen LogP contribution in [0.2, 0.25) is 0 Å². The zero-order valence-electron chi connectivity index (χ0n) is 18.3. The van der Waals surface area contributed by atoms with Crippen LogP contribution in [0.3, 0.4) is 0 Å². The van der Waals surface area contributed by atoms with Crippen LogP contribution in [0.5, 0.6) is 11.5 Å². The molecule has 0 unspecified atom stereocenters. The van der Waals surface area contributed by atoms with Crippen molar-refractivity contribution in [3.8, 4) is 11.5 Å². The van der Waals surface area contributed by atoms with Crippen LogP contribution < -0.4 is 14.2 Å². The highest BCUT2D eigenvalue weighted by Gasteiger charge is 2.28. The molecule has 166 valence electrons. The van der Waals surface area contributed by atoms with Gasteiger partial charge in [-0.3, -0.25) is 4.90 Å². The molecule has 0 amide bonds. The molecule has 1 N–H and O–H groups in total. The van der Waals surface area contributed by atoms with Crippen LogP contribution in [0.1, 0.15) is 37.1 Å². The first kappa shape index (κ1) is 22.5. The Labute approximate surface area is 178 Å². The van der Waals surface area contributed by atoms with Crippen molar-refractivity contribution in [1.29, 1.82) is 0 Å². The number of methoxy groups -OCH3 is 2. The Balaban J connectivity index is 1.77. The number of nitrogens with one attached hydrogen (secondary N) is 1. The molecule has 9 nitrogen and oxygen atoms in total. The molecule has 1 aliphatic rings. The Kier molecular flexibility index (Phi) is 6.99. The van der Waals surface area contributed by atoms with Gasteiger partial charge in [-0.2, -0.15) is 0 Å². The summed E-state index contributed by atoms with van der Waals surface area (Å²) in [6.07, 6.45) is 1.92. The molecule has 2 heterocycles. The zero-order chi connectivity index (χ0) is 21.9. The van der Waals surface area contributed by atoms with Crippen molar-refractivity contribution in [3.05, 3.63) is 35.4 Å². The first-order chi connectivity index (χ1) is 14.2. The standard InChI is InChI=1S/C20H31N5O4S/c1-14(2)19(23-30(5,26)27)20-22-21-18-8-9-24(10-11-25(18)20)13-15-6-7-16(28-3)12-17(15)29-4/h6-7,12,14,19,23H,8-11,13H2,1-5H3/t19-/m0/s1. The monoisotopic (exact) mass is 437 g/mol. The summed E-state index contributed by atoms with van der Waals surface area (Å²) < 4.78 is 39.3. The van der Waals surface area contributed by atoms with E-state index in [9.17, 15) is 8.42 Å². The van der Waals surface area contributed by atoms with Gasteiger partial charge in [0.2, 0.25) is 10.0 Å². The molecule has 0 saturated heterocycles. The molecular formula is C20H31N5O4S. The zero-order valence-corrected chi connectivity index (χ0v) is 19.1. The molecule has 1 aromatic heterocycles. The second-order valence-electron chi connectivity index (χ2n) is 7.94. The van der Waals surface area contributed by atoms with E-state index >= 15 is 0 Å². The predicted octanol–water partition coefficient (Wildman–Crippen LogP) is 1.60. The predicted molar refractivity (Wildman–Crippen MR) is 114 cm³/mol. The third-order valence-corrected chi connectivity index (χ3v) is 6.00. The van der Waals surface area contributed by atoms with E-state index in [0.717, 1.165) is 48.9 Å². The number of sulfonamides is 1. The largest absolute Gasteiger partial charge is 0.497 e. The molecule has 3 rings (SSSR count). The summed E-state index contributed by atoms with van der Waals surface area (Å²) in [6, 6.07) is 5.45. The average molecular weight is 438 g/mol. The quantitative estimate of drug-likeness (QED) is 0.670. The number of hydrogen-bond acceptors (Lipinski definition) is 7. The summed E-state index contributed by atoms with van der Waals surface area (Å²) in [5.74, 6) is 3.18. The molecule has 0 bridgehead atoms. The fraction of sp³-hybridized carbons (Fsp3) is 0.600. The van der Waals surface area contributed by atoms with Crippen molar-refractivity contribution < 1.29 is 17.9 Å². The molecule has 1 aliphatic heterocycles. The lowest BCUT2D eigenvalue weighted by molar-refractivity contribution is 0.264. The first-order valence-corrected chi connectivity index (χ1v) is 11.9. The number of rotatable bonds is 8. The van der Waals surface area contributed by atoms with Crippen LogP contribution >= 0.6 is 0 Å². The van der Waals surface area contributed by atoms with Gasteiger partial charge in [-0.25, -0.2) is 13.1 Å². The molecule has 1 atom stereocenters. The summed E-state index contributed by atoms with van der Waals surface area (Å²) >= 11 is 0. The fourth-order valence-corrected chi connectivity index (χ4v) is 4.56. The van der Waals surface area contributed by atoms with Crippen LogP contribution in [0.15, 0.2) is 18.2 Å². The van der Waals surface area contributed by atoms with Crippen molar-refractivity contribution in [1.82, 2.24) is 24.4 Å². The maximum atomic E-state index is 11.8. The lowest BCUT2D eigenvalue weighted by atomic mass is 10.1. The van der Waals surface area contributed by atoms with Crippen molar-refractivity contribution in [2.75, 3.05) is 33.6 Å². The minimum atomic E-state index is -3.36. The molecule has 0 spiro atoms. The fourth-order valence-electron chi connectivity index (χ4n) is 3.72. The Hall–Kier alpha value is -2.17. The van der Waals surface area contributed by atoms with E-state index < -0.39 is 16.1 Å². The molecule has 1 aromatic carbocycles. The van der Waals surface area contributed by atoms with Gasteiger partial charge in [0.15, 0.2) is 5.82 Å². The van der Waals surface area contributed by atoms with E-state index in [1.807, 2.05) is 32.0 Å². The molecule has 30 heavy (non-hydrogen) atoms. The van der Waals surface area contributed by atoms with Crippen LogP contribution in [0, 0.1) is 5.92 Å². The summed E-state index contributed by atoms with van der Waals surface area (Å²) in [4.78, 5) is 2.34. The number of fused-ring (bicyclic) bond motifs is 1. The lowest BCUT2D eigenvalue weighted by Gasteiger charge is -2.23. The summed E-state index contributed by atoms with van der Waals surface area (Å²) in [7, 11) is -0.0606. The highest BCUT2D eigenvalue weighted by atomic mass is 32.2. The van der Waals surface area contributed by atoms with Gasteiger partial charge in [-0.15, -0.1) is 10.2 Å². The second kappa shape index (κ2) is 9.32. The van der Waals surface area contributed by atoms with E-state index in [4.69, 9.17) is 9.47 Å². The second-order valence-corrected chi connectivity index (χ2v) is 9.72. The summed E-state index contributed by atoms with van der Waals surface area (Å²) in [5, 5.41) is 8.69. The SMILES string of the molecule is COc1ccc(CN2CCc3nnc([C@@H](NS(C)(=O)=O)C(C)C)n3CC2)c(OC)c1. The minimum absolute atomic E-state index is 0.0518. The molecule has 0 aliphatic carbocycles. The molecule has 0 saturated carbocycles. The van der Waals surface area contributed by atoms with Crippen LogP contribution in [-0.2, 0) is 29.5 Å². The third kappa shape index (κ3) is 5.30. The first-order valence-electron chi connectivity index (χ1n) is 10.0. The molecular weight excluding hydrogens is 406 g/mol. The number of nitrogens with zero attached hydrogens (tertiary/aromatic N) is 4. The van der Waals surface area contributed by atoms with Gasteiger partial charge >= 0.3 is 0 Å². The number of ether oxygens (including phenoxy) is 2. The smallest absolute Gasteiger partial charge is 0.209 e.